The summed E-state index contributed by atoms with van der Waals surface area (Å²) in [7, 11) is 0. The zero-order valence-corrected chi connectivity index (χ0v) is 12.4. The van der Waals surface area contributed by atoms with Gasteiger partial charge in [-0.05, 0) is 56.3 Å². The predicted octanol–water partition coefficient (Wildman–Crippen LogP) is 4.41. The lowest BCUT2D eigenvalue weighted by Crippen LogP contribution is -2.48. The van der Waals surface area contributed by atoms with Gasteiger partial charge < -0.3 is 5.11 Å². The maximum atomic E-state index is 12.7. The predicted molar refractivity (Wildman–Crippen MR) is 72.7 cm³/mol. The van der Waals surface area contributed by atoms with Crippen molar-refractivity contribution in [2.75, 3.05) is 0 Å². The van der Waals surface area contributed by atoms with E-state index < -0.39 is 17.3 Å². The Hall–Kier alpha value is -0.620. The van der Waals surface area contributed by atoms with Gasteiger partial charge in [-0.3, -0.25) is 0 Å². The lowest BCUT2D eigenvalue weighted by molar-refractivity contribution is -0.137. The summed E-state index contributed by atoms with van der Waals surface area (Å²) in [4.78, 5) is 3.86. The fourth-order valence-corrected chi connectivity index (χ4v) is 6.27. The average Bonchev–Trinajstić information content (AvgIpc) is 2.85. The highest BCUT2D eigenvalue weighted by molar-refractivity contribution is 7.11. The van der Waals surface area contributed by atoms with Gasteiger partial charge in [0, 0.05) is 11.6 Å². The Morgan fingerprint density at radius 3 is 2.10 bits per heavy atom. The van der Waals surface area contributed by atoms with E-state index in [1.807, 2.05) is 0 Å². The lowest BCUT2D eigenvalue weighted by atomic mass is 9.48. The molecule has 4 saturated carbocycles. The first kappa shape index (κ1) is 14.0. The molecule has 0 saturated heterocycles. The Balaban J connectivity index is 1.62. The number of alkyl halides is 3. The number of hydrogen-bond acceptors (Lipinski definition) is 3. The summed E-state index contributed by atoms with van der Waals surface area (Å²) in [5.41, 5.74) is -0.190. The van der Waals surface area contributed by atoms with Crippen molar-refractivity contribution in [1.82, 2.24) is 4.98 Å². The van der Waals surface area contributed by atoms with Gasteiger partial charge in [0.25, 0.3) is 0 Å². The van der Waals surface area contributed by atoms with Gasteiger partial charge in [0.2, 0.25) is 0 Å². The van der Waals surface area contributed by atoms with Gasteiger partial charge in [0.15, 0.2) is 5.01 Å². The molecule has 1 aromatic rings. The molecule has 1 atom stereocenters. The average molecular weight is 317 g/mol. The van der Waals surface area contributed by atoms with E-state index in [1.165, 1.54) is 25.5 Å². The number of aliphatic hydroxyl groups is 1. The third-order valence-corrected chi connectivity index (χ3v) is 6.80. The van der Waals surface area contributed by atoms with Gasteiger partial charge in [0.1, 0.15) is 0 Å². The van der Waals surface area contributed by atoms with Gasteiger partial charge in [-0.15, -0.1) is 11.3 Å². The molecule has 4 aliphatic rings. The lowest BCUT2D eigenvalue weighted by Gasteiger charge is -2.58. The minimum absolute atomic E-state index is 0.190. The second-order valence-corrected chi connectivity index (χ2v) is 8.31. The molecule has 21 heavy (non-hydrogen) atoms. The summed E-state index contributed by atoms with van der Waals surface area (Å²) < 4.78 is 38.1. The van der Waals surface area contributed by atoms with Crippen LogP contribution in [0.3, 0.4) is 0 Å². The minimum atomic E-state index is -4.41. The van der Waals surface area contributed by atoms with E-state index in [9.17, 15) is 18.3 Å². The monoisotopic (exact) mass is 317 g/mol. The number of halogens is 3. The Labute approximate surface area is 125 Å². The molecule has 1 aromatic heterocycles. The van der Waals surface area contributed by atoms with E-state index in [4.69, 9.17) is 0 Å². The first-order valence-corrected chi connectivity index (χ1v) is 8.38. The molecule has 0 radical (unpaired) electrons. The highest BCUT2D eigenvalue weighted by Gasteiger charge is 2.54. The molecule has 4 bridgehead atoms. The molecule has 4 fully saturated rings. The van der Waals surface area contributed by atoms with E-state index in [0.717, 1.165) is 19.3 Å². The second-order valence-electron chi connectivity index (χ2n) is 7.25. The second kappa shape index (κ2) is 4.44. The van der Waals surface area contributed by atoms with Crippen LogP contribution in [0.25, 0.3) is 0 Å². The summed E-state index contributed by atoms with van der Waals surface area (Å²) >= 11 is 0.611. The van der Waals surface area contributed by atoms with Crippen LogP contribution in [0, 0.1) is 23.2 Å². The quantitative estimate of drug-likeness (QED) is 0.876. The molecule has 1 unspecified atom stereocenters. The van der Waals surface area contributed by atoms with Crippen LogP contribution in [-0.2, 0) is 6.18 Å². The van der Waals surface area contributed by atoms with Gasteiger partial charge >= 0.3 is 6.18 Å². The molecule has 0 aromatic carbocycles. The van der Waals surface area contributed by atoms with Gasteiger partial charge in [-0.2, -0.15) is 13.2 Å². The molecule has 116 valence electrons. The van der Waals surface area contributed by atoms with E-state index >= 15 is 0 Å². The Morgan fingerprint density at radius 2 is 1.67 bits per heavy atom. The molecule has 6 heteroatoms. The minimum Gasteiger partial charge on any atom is -0.387 e. The van der Waals surface area contributed by atoms with Crippen LogP contribution in [0.1, 0.15) is 54.5 Å². The van der Waals surface area contributed by atoms with E-state index in [2.05, 4.69) is 4.98 Å². The van der Waals surface area contributed by atoms with Gasteiger partial charge in [-0.25, -0.2) is 4.98 Å². The zero-order valence-electron chi connectivity index (χ0n) is 11.6. The number of hydrogen-bond donors (Lipinski definition) is 1. The van der Waals surface area contributed by atoms with Crippen molar-refractivity contribution in [3.63, 3.8) is 0 Å². The summed E-state index contributed by atoms with van der Waals surface area (Å²) in [6, 6.07) is 0. The SMILES string of the molecule is OC(c1cnc(C(F)(F)F)s1)C12CC3CC(CC(C3)C1)C2. The fraction of sp³-hybridized carbons (Fsp3) is 0.800. The van der Waals surface area contributed by atoms with Crippen LogP contribution in [0.15, 0.2) is 6.20 Å². The smallest absolute Gasteiger partial charge is 0.387 e. The van der Waals surface area contributed by atoms with E-state index in [1.54, 1.807) is 0 Å². The molecule has 0 aliphatic heterocycles. The van der Waals surface area contributed by atoms with Crippen LogP contribution in [0.5, 0.6) is 0 Å². The van der Waals surface area contributed by atoms with Crippen LogP contribution in [-0.4, -0.2) is 10.1 Å². The molecule has 1 heterocycles. The highest BCUT2D eigenvalue weighted by atomic mass is 32.1. The number of aromatic nitrogens is 1. The van der Waals surface area contributed by atoms with Crippen LogP contribution in [0.2, 0.25) is 0 Å². The van der Waals surface area contributed by atoms with Crippen LogP contribution < -0.4 is 0 Å². The number of aliphatic hydroxyl groups excluding tert-OH is 1. The third kappa shape index (κ3) is 2.22. The number of rotatable bonds is 2. The van der Waals surface area contributed by atoms with Crippen molar-refractivity contribution in [3.8, 4) is 0 Å². The molecule has 4 aliphatic carbocycles. The van der Waals surface area contributed by atoms with Crippen molar-refractivity contribution >= 4 is 11.3 Å². The topological polar surface area (TPSA) is 33.1 Å². The first-order valence-electron chi connectivity index (χ1n) is 7.57. The molecule has 0 amide bonds. The van der Waals surface area contributed by atoms with Crippen LogP contribution in [0.4, 0.5) is 13.2 Å². The van der Waals surface area contributed by atoms with Crippen molar-refractivity contribution in [3.05, 3.63) is 16.1 Å². The van der Waals surface area contributed by atoms with E-state index in [0.29, 0.717) is 34.0 Å². The Kier molecular flexibility index (Phi) is 2.96. The fourth-order valence-electron chi connectivity index (χ4n) is 5.36. The van der Waals surface area contributed by atoms with Gasteiger partial charge in [-0.1, -0.05) is 0 Å². The molecule has 1 N–H and O–H groups in total. The van der Waals surface area contributed by atoms with Crippen molar-refractivity contribution in [1.29, 1.82) is 0 Å². The molecular formula is C15H18F3NOS. The normalized spacial score (nSPS) is 39.7. The van der Waals surface area contributed by atoms with Crippen molar-refractivity contribution in [2.45, 2.75) is 50.8 Å². The molecular weight excluding hydrogens is 299 g/mol. The third-order valence-electron chi connectivity index (χ3n) is 5.70. The van der Waals surface area contributed by atoms with Crippen molar-refractivity contribution < 1.29 is 18.3 Å². The standard InChI is InChI=1S/C15H18F3NOS/c16-15(17,18)13-19-7-11(21-13)12(20)14-4-8-1-9(5-14)3-10(2-8)6-14/h7-10,12,20H,1-6H2. The summed E-state index contributed by atoms with van der Waals surface area (Å²) in [5, 5.41) is 9.92. The molecule has 0 spiro atoms. The maximum Gasteiger partial charge on any atom is 0.443 e. The number of nitrogens with zero attached hydrogens (tertiary/aromatic N) is 1. The number of thiazole rings is 1. The van der Waals surface area contributed by atoms with Crippen molar-refractivity contribution in [2.24, 2.45) is 23.2 Å². The molecule has 5 rings (SSSR count). The summed E-state index contributed by atoms with van der Waals surface area (Å²) in [6.45, 7) is 0. The Morgan fingerprint density at radius 1 is 1.14 bits per heavy atom. The Bertz CT molecular complexity index is 518. The van der Waals surface area contributed by atoms with Gasteiger partial charge in [0.05, 0.1) is 11.0 Å². The molecule has 2 nitrogen and oxygen atoms in total. The highest BCUT2D eigenvalue weighted by Crippen LogP contribution is 2.64. The first-order chi connectivity index (χ1) is 9.86. The summed E-state index contributed by atoms with van der Waals surface area (Å²) in [6.07, 6.45) is 2.71. The largest absolute Gasteiger partial charge is 0.443 e. The van der Waals surface area contributed by atoms with Crippen LogP contribution >= 0.6 is 11.3 Å². The zero-order chi connectivity index (χ0) is 14.8. The summed E-state index contributed by atoms with van der Waals surface area (Å²) in [5.74, 6) is 2.00. The van der Waals surface area contributed by atoms with E-state index in [-0.39, 0.29) is 5.41 Å². The maximum absolute atomic E-state index is 12.7.